The Morgan fingerprint density at radius 1 is 1.17 bits per heavy atom. The van der Waals surface area contributed by atoms with Crippen LogP contribution in [0.15, 0.2) is 48.5 Å². The van der Waals surface area contributed by atoms with Gasteiger partial charge in [-0.3, -0.25) is 9.59 Å². The van der Waals surface area contributed by atoms with Crippen molar-refractivity contribution >= 4 is 23.6 Å². The Balaban J connectivity index is 2.17. The minimum atomic E-state index is -0.592. The number of para-hydroxylation sites is 1. The van der Waals surface area contributed by atoms with E-state index in [1.165, 1.54) is 6.08 Å². The first-order valence-corrected chi connectivity index (χ1v) is 7.04. The lowest BCUT2D eigenvalue weighted by molar-refractivity contribution is -0.111. The van der Waals surface area contributed by atoms with Gasteiger partial charge in [0.25, 0.3) is 5.91 Å². The fourth-order valence-corrected chi connectivity index (χ4v) is 2.13. The predicted molar refractivity (Wildman–Crippen MR) is 90.4 cm³/mol. The van der Waals surface area contributed by atoms with Gasteiger partial charge in [-0.25, -0.2) is 0 Å². The summed E-state index contributed by atoms with van der Waals surface area (Å²) in [5.74, 6) is -0.273. The summed E-state index contributed by atoms with van der Waals surface area (Å²) in [6.45, 7) is 1.96. The van der Waals surface area contributed by atoms with Crippen molar-refractivity contribution in [2.45, 2.75) is 6.92 Å². The number of carbonyl (C=O) groups is 2. The molecule has 0 aliphatic heterocycles. The molecule has 0 unspecified atom stereocenters. The molecule has 0 aliphatic rings. The third-order valence-corrected chi connectivity index (χ3v) is 3.25. The average molecular weight is 310 g/mol. The van der Waals surface area contributed by atoms with E-state index in [1.54, 1.807) is 37.5 Å². The molecule has 2 aromatic carbocycles. The number of methoxy groups -OCH3 is 1. The Morgan fingerprint density at radius 2 is 1.91 bits per heavy atom. The zero-order valence-electron chi connectivity index (χ0n) is 13.0. The number of aryl methyl sites for hydroxylation is 1. The fourth-order valence-electron chi connectivity index (χ4n) is 2.13. The Kier molecular flexibility index (Phi) is 5.15. The maximum Gasteiger partial charge on any atom is 0.250 e. The van der Waals surface area contributed by atoms with Gasteiger partial charge in [0.15, 0.2) is 0 Å². The monoisotopic (exact) mass is 310 g/mol. The van der Waals surface area contributed by atoms with Crippen LogP contribution in [0.25, 0.3) is 6.08 Å². The molecule has 0 atom stereocenters. The van der Waals surface area contributed by atoms with E-state index in [1.807, 2.05) is 25.1 Å². The lowest BCUT2D eigenvalue weighted by atomic mass is 10.1. The smallest absolute Gasteiger partial charge is 0.250 e. The maximum atomic E-state index is 12.1. The molecule has 0 heterocycles. The molecule has 5 nitrogen and oxygen atoms in total. The highest BCUT2D eigenvalue weighted by Crippen LogP contribution is 2.21. The number of hydrogen-bond donors (Lipinski definition) is 2. The van der Waals surface area contributed by atoms with Crippen LogP contribution in [0.2, 0.25) is 0 Å². The second-order valence-electron chi connectivity index (χ2n) is 4.98. The number of primary amides is 1. The van der Waals surface area contributed by atoms with Gasteiger partial charge in [0, 0.05) is 11.6 Å². The van der Waals surface area contributed by atoms with Crippen molar-refractivity contribution < 1.29 is 14.3 Å². The first kappa shape index (κ1) is 16.3. The highest BCUT2D eigenvalue weighted by atomic mass is 16.5. The van der Waals surface area contributed by atoms with Crippen molar-refractivity contribution in [3.05, 3.63) is 65.2 Å². The summed E-state index contributed by atoms with van der Waals surface area (Å²) in [4.78, 5) is 23.4. The molecule has 0 bridgehead atoms. The quantitative estimate of drug-likeness (QED) is 0.833. The predicted octanol–water partition coefficient (Wildman–Crippen LogP) is 2.75. The van der Waals surface area contributed by atoms with Crippen molar-refractivity contribution in [1.82, 2.24) is 0 Å². The summed E-state index contributed by atoms with van der Waals surface area (Å²) >= 11 is 0. The van der Waals surface area contributed by atoms with E-state index in [0.29, 0.717) is 11.4 Å². The molecule has 2 rings (SSSR count). The van der Waals surface area contributed by atoms with Gasteiger partial charge in [-0.1, -0.05) is 23.8 Å². The molecule has 0 fully saturated rings. The molecule has 118 valence electrons. The number of nitrogens with one attached hydrogen (secondary N) is 1. The number of anilines is 1. The lowest BCUT2D eigenvalue weighted by Crippen LogP contribution is -2.16. The van der Waals surface area contributed by atoms with Crippen molar-refractivity contribution in [3.8, 4) is 5.75 Å². The van der Waals surface area contributed by atoms with Crippen LogP contribution in [0.1, 0.15) is 21.5 Å². The van der Waals surface area contributed by atoms with Gasteiger partial charge >= 0.3 is 0 Å². The number of benzene rings is 2. The van der Waals surface area contributed by atoms with Crippen LogP contribution in [-0.4, -0.2) is 18.9 Å². The summed E-state index contributed by atoms with van der Waals surface area (Å²) < 4.78 is 5.26. The van der Waals surface area contributed by atoms with E-state index < -0.39 is 5.91 Å². The van der Waals surface area contributed by atoms with Crippen molar-refractivity contribution in [2.24, 2.45) is 5.73 Å². The number of hydrogen-bond acceptors (Lipinski definition) is 3. The van der Waals surface area contributed by atoms with E-state index in [-0.39, 0.29) is 11.5 Å². The zero-order valence-corrected chi connectivity index (χ0v) is 13.0. The zero-order chi connectivity index (χ0) is 16.8. The SMILES string of the molecule is COc1ccc(C)cc1/C=C/C(=O)Nc1ccccc1C(N)=O. The third kappa shape index (κ3) is 4.20. The van der Waals surface area contributed by atoms with Gasteiger partial charge in [0.1, 0.15) is 5.75 Å². The van der Waals surface area contributed by atoms with Crippen LogP contribution in [0.4, 0.5) is 5.69 Å². The maximum absolute atomic E-state index is 12.1. The Labute approximate surface area is 134 Å². The third-order valence-electron chi connectivity index (χ3n) is 3.25. The second-order valence-corrected chi connectivity index (χ2v) is 4.98. The molecule has 2 aromatic rings. The molecule has 5 heteroatoms. The van der Waals surface area contributed by atoms with Crippen molar-refractivity contribution in [2.75, 3.05) is 12.4 Å². The number of rotatable bonds is 5. The largest absolute Gasteiger partial charge is 0.496 e. The minimum absolute atomic E-state index is 0.266. The molecule has 0 saturated carbocycles. The number of nitrogens with two attached hydrogens (primary N) is 1. The van der Waals surface area contributed by atoms with Crippen LogP contribution < -0.4 is 15.8 Å². The van der Waals surface area contributed by atoms with E-state index in [0.717, 1.165) is 11.1 Å². The summed E-state index contributed by atoms with van der Waals surface area (Å²) in [5.41, 5.74) is 7.79. The van der Waals surface area contributed by atoms with Crippen LogP contribution in [0.3, 0.4) is 0 Å². The van der Waals surface area contributed by atoms with Gasteiger partial charge in [-0.2, -0.15) is 0 Å². The first-order valence-electron chi connectivity index (χ1n) is 7.04. The van der Waals surface area contributed by atoms with Crippen LogP contribution >= 0.6 is 0 Å². The van der Waals surface area contributed by atoms with E-state index in [4.69, 9.17) is 10.5 Å². The van der Waals surface area contributed by atoms with Crippen molar-refractivity contribution in [3.63, 3.8) is 0 Å². The topological polar surface area (TPSA) is 81.4 Å². The van der Waals surface area contributed by atoms with Crippen molar-refractivity contribution in [1.29, 1.82) is 0 Å². The summed E-state index contributed by atoms with van der Waals surface area (Å²) in [7, 11) is 1.57. The summed E-state index contributed by atoms with van der Waals surface area (Å²) in [6, 6.07) is 12.3. The molecule has 0 aliphatic carbocycles. The van der Waals surface area contributed by atoms with Crippen LogP contribution in [-0.2, 0) is 4.79 Å². The Bertz CT molecular complexity index is 767. The van der Waals surface area contributed by atoms with Gasteiger partial charge in [-0.15, -0.1) is 0 Å². The molecule has 0 saturated heterocycles. The Hall–Kier alpha value is -3.08. The van der Waals surface area contributed by atoms with Gasteiger partial charge < -0.3 is 15.8 Å². The van der Waals surface area contributed by atoms with Gasteiger partial charge in [0.05, 0.1) is 18.4 Å². The molecule has 3 N–H and O–H groups in total. The Morgan fingerprint density at radius 3 is 2.61 bits per heavy atom. The lowest BCUT2D eigenvalue weighted by Gasteiger charge is -2.07. The summed E-state index contributed by atoms with van der Waals surface area (Å²) in [5, 5.41) is 2.65. The molecular formula is C18H18N2O3. The minimum Gasteiger partial charge on any atom is -0.496 e. The van der Waals surface area contributed by atoms with Gasteiger partial charge in [-0.05, 0) is 37.3 Å². The molecule has 0 radical (unpaired) electrons. The number of ether oxygens (including phenoxy) is 1. The highest BCUT2D eigenvalue weighted by Gasteiger charge is 2.08. The normalized spacial score (nSPS) is 10.5. The van der Waals surface area contributed by atoms with E-state index in [2.05, 4.69) is 5.32 Å². The molecule has 2 amide bonds. The number of amides is 2. The highest BCUT2D eigenvalue weighted by molar-refractivity contribution is 6.07. The van der Waals surface area contributed by atoms with Crippen LogP contribution in [0.5, 0.6) is 5.75 Å². The van der Waals surface area contributed by atoms with E-state index in [9.17, 15) is 9.59 Å². The summed E-state index contributed by atoms with van der Waals surface area (Å²) in [6.07, 6.45) is 3.04. The molecule has 23 heavy (non-hydrogen) atoms. The standard InChI is InChI=1S/C18H18N2O3/c1-12-7-9-16(23-2)13(11-12)8-10-17(21)20-15-6-4-3-5-14(15)18(19)22/h3-11H,1-2H3,(H2,19,22)(H,20,21)/b10-8+. The average Bonchev–Trinajstić information content (AvgIpc) is 2.53. The van der Waals surface area contributed by atoms with Crippen LogP contribution in [0, 0.1) is 6.92 Å². The first-order chi connectivity index (χ1) is 11.0. The van der Waals surface area contributed by atoms with Gasteiger partial charge in [0.2, 0.25) is 5.91 Å². The molecular weight excluding hydrogens is 292 g/mol. The second kappa shape index (κ2) is 7.26. The molecule has 0 aromatic heterocycles. The fraction of sp³-hybridized carbons (Fsp3) is 0.111. The molecule has 0 spiro atoms. The van der Waals surface area contributed by atoms with E-state index >= 15 is 0 Å². The number of carbonyl (C=O) groups excluding carboxylic acids is 2.